The minimum absolute atomic E-state index is 0.156. The molecule has 22 heavy (non-hydrogen) atoms. The fourth-order valence-electron chi connectivity index (χ4n) is 2.18. The Labute approximate surface area is 137 Å². The van der Waals surface area contributed by atoms with Gasteiger partial charge in [0, 0.05) is 4.47 Å². The highest BCUT2D eigenvalue weighted by Crippen LogP contribution is 2.21. The van der Waals surface area contributed by atoms with Gasteiger partial charge >= 0.3 is 5.97 Å². The minimum atomic E-state index is -0.954. The molecule has 0 radical (unpaired) electrons. The number of carbonyl (C=O) groups excluding carboxylic acids is 1. The number of benzene rings is 2. The Morgan fingerprint density at radius 1 is 1.09 bits per heavy atom. The van der Waals surface area contributed by atoms with Crippen LogP contribution in [0, 0.1) is 0 Å². The van der Waals surface area contributed by atoms with Crippen molar-refractivity contribution in [2.75, 3.05) is 0 Å². The highest BCUT2D eigenvalue weighted by molar-refractivity contribution is 9.10. The maximum Gasteiger partial charge on any atom is 0.305 e. The molecule has 0 saturated carbocycles. The van der Waals surface area contributed by atoms with E-state index in [1.807, 2.05) is 48.5 Å². The standard InChI is InChI=1S/C17H16BrNO3/c18-14-8-4-7-13(10-14)15(11-17(21)22)19-16(20)9-12-5-2-1-3-6-12/h1-8,10,15H,9,11H2,(H,19,20)(H,21,22)/t15-/m1/s1. The first-order valence-electron chi connectivity index (χ1n) is 6.85. The van der Waals surface area contributed by atoms with E-state index < -0.39 is 12.0 Å². The van der Waals surface area contributed by atoms with Crippen LogP contribution in [0.2, 0.25) is 0 Å². The van der Waals surface area contributed by atoms with Gasteiger partial charge in [0.1, 0.15) is 0 Å². The zero-order valence-electron chi connectivity index (χ0n) is 11.8. The number of carboxylic acids is 1. The molecule has 1 amide bonds. The molecule has 0 fully saturated rings. The first kappa shape index (κ1) is 16.2. The molecule has 4 nitrogen and oxygen atoms in total. The van der Waals surface area contributed by atoms with Crippen LogP contribution in [0.3, 0.4) is 0 Å². The van der Waals surface area contributed by atoms with E-state index in [4.69, 9.17) is 5.11 Å². The van der Waals surface area contributed by atoms with E-state index in [1.165, 1.54) is 0 Å². The van der Waals surface area contributed by atoms with Crippen molar-refractivity contribution < 1.29 is 14.7 Å². The van der Waals surface area contributed by atoms with Crippen LogP contribution < -0.4 is 5.32 Å². The highest BCUT2D eigenvalue weighted by atomic mass is 79.9. The summed E-state index contributed by atoms with van der Waals surface area (Å²) in [5.41, 5.74) is 1.65. The summed E-state index contributed by atoms with van der Waals surface area (Å²) >= 11 is 3.36. The van der Waals surface area contributed by atoms with Crippen LogP contribution in [-0.2, 0) is 16.0 Å². The Hall–Kier alpha value is -2.14. The van der Waals surface area contributed by atoms with Crippen LogP contribution in [0.1, 0.15) is 23.6 Å². The second-order valence-electron chi connectivity index (χ2n) is 4.94. The molecule has 0 spiro atoms. The van der Waals surface area contributed by atoms with Gasteiger partial charge in [-0.25, -0.2) is 0 Å². The molecule has 0 aromatic heterocycles. The lowest BCUT2D eigenvalue weighted by Crippen LogP contribution is -2.31. The third-order valence-corrected chi connectivity index (χ3v) is 3.67. The van der Waals surface area contributed by atoms with E-state index in [0.717, 1.165) is 15.6 Å². The number of rotatable bonds is 6. The van der Waals surface area contributed by atoms with E-state index in [1.54, 1.807) is 6.07 Å². The van der Waals surface area contributed by atoms with Crippen LogP contribution in [-0.4, -0.2) is 17.0 Å². The number of carboxylic acid groups (broad SMARTS) is 1. The molecule has 0 saturated heterocycles. The predicted octanol–water partition coefficient (Wildman–Crippen LogP) is 3.32. The normalized spacial score (nSPS) is 11.7. The molecule has 0 unspecified atom stereocenters. The van der Waals surface area contributed by atoms with Crippen molar-refractivity contribution >= 4 is 27.8 Å². The maximum atomic E-state index is 12.1. The number of hydrogen-bond acceptors (Lipinski definition) is 2. The van der Waals surface area contributed by atoms with Crippen molar-refractivity contribution in [2.24, 2.45) is 0 Å². The second kappa shape index (κ2) is 7.75. The van der Waals surface area contributed by atoms with Crippen LogP contribution in [0.25, 0.3) is 0 Å². The van der Waals surface area contributed by atoms with Gasteiger partial charge in [0.2, 0.25) is 5.91 Å². The molecule has 0 aliphatic heterocycles. The first-order valence-corrected chi connectivity index (χ1v) is 7.64. The molecule has 2 rings (SSSR count). The summed E-state index contributed by atoms with van der Waals surface area (Å²) < 4.78 is 0.845. The number of nitrogens with one attached hydrogen (secondary N) is 1. The average molecular weight is 362 g/mol. The smallest absolute Gasteiger partial charge is 0.305 e. The number of amides is 1. The number of carbonyl (C=O) groups is 2. The summed E-state index contributed by atoms with van der Waals surface area (Å²) in [6.45, 7) is 0. The lowest BCUT2D eigenvalue weighted by Gasteiger charge is -2.18. The van der Waals surface area contributed by atoms with Crippen molar-refractivity contribution in [3.63, 3.8) is 0 Å². The van der Waals surface area contributed by atoms with Crippen molar-refractivity contribution in [1.82, 2.24) is 5.32 Å². The molecule has 0 heterocycles. The molecule has 2 aromatic rings. The molecule has 0 aliphatic rings. The number of hydrogen-bond donors (Lipinski definition) is 2. The third kappa shape index (κ3) is 5.00. The molecule has 5 heteroatoms. The van der Waals surface area contributed by atoms with E-state index in [0.29, 0.717) is 0 Å². The molecule has 114 valence electrons. The van der Waals surface area contributed by atoms with E-state index in [-0.39, 0.29) is 18.7 Å². The monoisotopic (exact) mass is 361 g/mol. The second-order valence-corrected chi connectivity index (χ2v) is 5.85. The zero-order chi connectivity index (χ0) is 15.9. The lowest BCUT2D eigenvalue weighted by molar-refractivity contribution is -0.137. The predicted molar refractivity (Wildman–Crippen MR) is 87.4 cm³/mol. The zero-order valence-corrected chi connectivity index (χ0v) is 13.4. The number of aliphatic carboxylic acids is 1. The summed E-state index contributed by atoms with van der Waals surface area (Å²) in [6.07, 6.45) is 0.0714. The Balaban J connectivity index is 2.09. The van der Waals surface area contributed by atoms with Crippen LogP contribution >= 0.6 is 15.9 Å². The summed E-state index contributed by atoms with van der Waals surface area (Å²) in [5, 5.41) is 11.9. The fourth-order valence-corrected chi connectivity index (χ4v) is 2.59. The fraction of sp³-hybridized carbons (Fsp3) is 0.176. The van der Waals surface area contributed by atoms with Crippen molar-refractivity contribution in [3.05, 3.63) is 70.2 Å². The minimum Gasteiger partial charge on any atom is -0.481 e. The molecule has 1 atom stereocenters. The Morgan fingerprint density at radius 2 is 1.82 bits per heavy atom. The van der Waals surface area contributed by atoms with Crippen LogP contribution in [0.4, 0.5) is 0 Å². The average Bonchev–Trinajstić information content (AvgIpc) is 2.47. The molecular formula is C17H16BrNO3. The van der Waals surface area contributed by atoms with Crippen LogP contribution in [0.5, 0.6) is 0 Å². The van der Waals surface area contributed by atoms with Gasteiger partial charge in [-0.3, -0.25) is 9.59 Å². The van der Waals surface area contributed by atoms with Gasteiger partial charge in [0.05, 0.1) is 18.9 Å². The summed E-state index contributed by atoms with van der Waals surface area (Å²) in [7, 11) is 0. The van der Waals surface area contributed by atoms with Gasteiger partial charge in [0.25, 0.3) is 0 Å². The Morgan fingerprint density at radius 3 is 2.45 bits per heavy atom. The Kier molecular flexibility index (Phi) is 5.72. The molecule has 2 N–H and O–H groups in total. The van der Waals surface area contributed by atoms with E-state index in [2.05, 4.69) is 21.2 Å². The third-order valence-electron chi connectivity index (χ3n) is 3.17. The largest absolute Gasteiger partial charge is 0.481 e. The van der Waals surface area contributed by atoms with Gasteiger partial charge < -0.3 is 10.4 Å². The molecule has 0 bridgehead atoms. The van der Waals surface area contributed by atoms with Crippen molar-refractivity contribution in [1.29, 1.82) is 0 Å². The molecule has 2 aromatic carbocycles. The first-order chi connectivity index (χ1) is 10.5. The quantitative estimate of drug-likeness (QED) is 0.829. The van der Waals surface area contributed by atoms with Crippen molar-refractivity contribution in [2.45, 2.75) is 18.9 Å². The van der Waals surface area contributed by atoms with Gasteiger partial charge in [-0.1, -0.05) is 58.4 Å². The van der Waals surface area contributed by atoms with Crippen LogP contribution in [0.15, 0.2) is 59.1 Å². The van der Waals surface area contributed by atoms with E-state index >= 15 is 0 Å². The number of halogens is 1. The molecule has 0 aliphatic carbocycles. The van der Waals surface area contributed by atoms with Gasteiger partial charge in [-0.15, -0.1) is 0 Å². The lowest BCUT2D eigenvalue weighted by atomic mass is 10.0. The summed E-state index contributed by atoms with van der Waals surface area (Å²) in [5.74, 6) is -1.15. The van der Waals surface area contributed by atoms with Gasteiger partial charge in [-0.2, -0.15) is 0 Å². The van der Waals surface area contributed by atoms with Crippen molar-refractivity contribution in [3.8, 4) is 0 Å². The van der Waals surface area contributed by atoms with Gasteiger partial charge in [0.15, 0.2) is 0 Å². The highest BCUT2D eigenvalue weighted by Gasteiger charge is 2.18. The Bertz CT molecular complexity index is 658. The maximum absolute atomic E-state index is 12.1. The summed E-state index contributed by atoms with van der Waals surface area (Å²) in [4.78, 5) is 23.2. The molecular weight excluding hydrogens is 346 g/mol. The SMILES string of the molecule is O=C(O)C[C@@H](NC(=O)Cc1ccccc1)c1cccc(Br)c1. The topological polar surface area (TPSA) is 66.4 Å². The summed E-state index contributed by atoms with van der Waals surface area (Å²) in [6, 6.07) is 16.1. The van der Waals surface area contributed by atoms with Gasteiger partial charge in [-0.05, 0) is 23.3 Å². The van der Waals surface area contributed by atoms with E-state index in [9.17, 15) is 9.59 Å².